The zero-order chi connectivity index (χ0) is 22.0. The lowest BCUT2D eigenvalue weighted by molar-refractivity contribution is -0.126. The first-order chi connectivity index (χ1) is 14.2. The SMILES string of the molecule is FC(F)(F)C[N-]CC(F)(F)F.c1ccc([S+](c2ccccc2)c2ccccc2)cc1. The predicted molar refractivity (Wildman–Crippen MR) is 107 cm³/mol. The van der Waals surface area contributed by atoms with Crippen LogP contribution in [0.5, 0.6) is 0 Å². The first-order valence-corrected chi connectivity index (χ1v) is 10.0. The summed E-state index contributed by atoms with van der Waals surface area (Å²) in [4.78, 5) is 4.08. The van der Waals surface area contributed by atoms with Crippen LogP contribution in [0.15, 0.2) is 106 Å². The van der Waals surface area contributed by atoms with Gasteiger partial charge in [0.1, 0.15) is 0 Å². The fraction of sp³-hybridized carbons (Fsp3) is 0.182. The average Bonchev–Trinajstić information content (AvgIpc) is 2.69. The van der Waals surface area contributed by atoms with Gasteiger partial charge in [-0.2, -0.15) is 26.3 Å². The molecule has 0 N–H and O–H groups in total. The second-order valence-electron chi connectivity index (χ2n) is 6.02. The molecule has 0 heterocycles. The van der Waals surface area contributed by atoms with E-state index in [4.69, 9.17) is 0 Å². The Kier molecular flexibility index (Phi) is 8.80. The minimum absolute atomic E-state index is 0.0146. The Labute approximate surface area is 174 Å². The Morgan fingerprint density at radius 1 is 0.500 bits per heavy atom. The van der Waals surface area contributed by atoms with Crippen molar-refractivity contribution in [2.45, 2.75) is 27.0 Å². The predicted octanol–water partition coefficient (Wildman–Crippen LogP) is 7.27. The summed E-state index contributed by atoms with van der Waals surface area (Å²) >= 11 is 0. The molecule has 0 aliphatic rings. The number of rotatable bonds is 5. The molecular formula is C22H19F6NS. The zero-order valence-electron chi connectivity index (χ0n) is 15.7. The van der Waals surface area contributed by atoms with Gasteiger partial charge in [0.2, 0.25) is 0 Å². The molecule has 3 rings (SSSR count). The molecule has 0 saturated heterocycles. The molecule has 160 valence electrons. The summed E-state index contributed by atoms with van der Waals surface area (Å²) in [6.45, 7) is -3.49. The Morgan fingerprint density at radius 2 is 0.767 bits per heavy atom. The van der Waals surface area contributed by atoms with Gasteiger partial charge in [-0.3, -0.25) is 0 Å². The second kappa shape index (κ2) is 11.1. The molecule has 3 aromatic rings. The summed E-state index contributed by atoms with van der Waals surface area (Å²) in [6.07, 6.45) is -9.30. The standard InChI is InChI=1S/C18H15S.C4H4F6N/c1-4-10-16(11-5-1)19(17-12-6-2-7-13-17)18-14-8-3-9-15-18;5-3(6,7)1-11-2-4(8,9)10/h1-15H;1-2H2/q+1;-1. The third-order valence-corrected chi connectivity index (χ3v) is 5.75. The Hall–Kier alpha value is -2.45. The first-order valence-electron chi connectivity index (χ1n) is 8.82. The van der Waals surface area contributed by atoms with Gasteiger partial charge in [-0.25, -0.2) is 0 Å². The minimum atomic E-state index is -4.65. The number of nitrogens with zero attached hydrogens (tertiary/aromatic N) is 1. The number of benzene rings is 3. The van der Waals surface area contributed by atoms with Crippen LogP contribution in [0.1, 0.15) is 0 Å². The molecule has 0 fully saturated rings. The van der Waals surface area contributed by atoms with Crippen molar-refractivity contribution in [1.29, 1.82) is 0 Å². The van der Waals surface area contributed by atoms with Crippen LogP contribution in [0, 0.1) is 0 Å². The lowest BCUT2D eigenvalue weighted by Gasteiger charge is -2.22. The van der Waals surface area contributed by atoms with Crippen molar-refractivity contribution < 1.29 is 26.3 Å². The molecule has 0 aromatic heterocycles. The molecule has 0 spiro atoms. The highest BCUT2D eigenvalue weighted by atomic mass is 32.2. The fourth-order valence-corrected chi connectivity index (χ4v) is 4.49. The van der Waals surface area contributed by atoms with Crippen molar-refractivity contribution in [1.82, 2.24) is 0 Å². The molecule has 0 aliphatic carbocycles. The van der Waals surface area contributed by atoms with Crippen molar-refractivity contribution in [2.24, 2.45) is 0 Å². The Balaban J connectivity index is 0.000000252. The van der Waals surface area contributed by atoms with Gasteiger partial charge in [-0.1, -0.05) is 67.7 Å². The summed E-state index contributed by atoms with van der Waals surface area (Å²) in [5, 5.41) is 2.26. The van der Waals surface area contributed by atoms with E-state index >= 15 is 0 Å². The smallest absolute Gasteiger partial charge is 0.371 e. The normalized spacial score (nSPS) is 11.7. The van der Waals surface area contributed by atoms with Crippen molar-refractivity contribution in [2.75, 3.05) is 13.1 Å². The fourth-order valence-electron chi connectivity index (χ4n) is 2.39. The number of hydrogen-bond donors (Lipinski definition) is 0. The van der Waals surface area contributed by atoms with E-state index in [-0.39, 0.29) is 10.9 Å². The number of halogens is 6. The molecule has 3 aromatic carbocycles. The van der Waals surface area contributed by atoms with Crippen molar-refractivity contribution in [3.63, 3.8) is 0 Å². The van der Waals surface area contributed by atoms with E-state index in [1.54, 1.807) is 0 Å². The average molecular weight is 443 g/mol. The molecule has 0 unspecified atom stereocenters. The summed E-state index contributed by atoms with van der Waals surface area (Å²) in [5.74, 6) is 0. The van der Waals surface area contributed by atoms with Gasteiger partial charge in [0.05, 0.1) is 10.9 Å². The highest BCUT2D eigenvalue weighted by Gasteiger charge is 2.27. The van der Waals surface area contributed by atoms with Crippen LogP contribution in [0.4, 0.5) is 26.3 Å². The van der Waals surface area contributed by atoms with E-state index in [0.717, 1.165) is 0 Å². The van der Waals surface area contributed by atoms with Gasteiger partial charge < -0.3 is 5.32 Å². The molecule has 0 amide bonds. The maximum Gasteiger partial charge on any atom is 0.371 e. The van der Waals surface area contributed by atoms with Gasteiger partial charge in [0, 0.05) is 0 Å². The van der Waals surface area contributed by atoms with Crippen LogP contribution in [0.3, 0.4) is 0 Å². The van der Waals surface area contributed by atoms with E-state index in [9.17, 15) is 26.3 Å². The second-order valence-corrected chi connectivity index (χ2v) is 8.04. The monoisotopic (exact) mass is 443 g/mol. The van der Waals surface area contributed by atoms with E-state index in [0.29, 0.717) is 0 Å². The van der Waals surface area contributed by atoms with E-state index in [2.05, 4.69) is 96.3 Å². The van der Waals surface area contributed by atoms with E-state index < -0.39 is 25.4 Å². The molecule has 0 aliphatic heterocycles. The number of hydrogen-bond acceptors (Lipinski definition) is 0. The van der Waals surface area contributed by atoms with Crippen LogP contribution in [-0.2, 0) is 10.9 Å². The topological polar surface area (TPSA) is 14.1 Å². The van der Waals surface area contributed by atoms with Gasteiger partial charge in [-0.05, 0) is 36.4 Å². The van der Waals surface area contributed by atoms with Crippen LogP contribution < -0.4 is 0 Å². The minimum Gasteiger partial charge on any atom is -0.648 e. The van der Waals surface area contributed by atoms with Crippen LogP contribution >= 0.6 is 0 Å². The molecule has 8 heteroatoms. The summed E-state index contributed by atoms with van der Waals surface area (Å²) in [7, 11) is -0.0146. The molecule has 30 heavy (non-hydrogen) atoms. The molecule has 0 radical (unpaired) electrons. The van der Waals surface area contributed by atoms with Gasteiger partial charge in [-0.15, -0.1) is 0 Å². The lowest BCUT2D eigenvalue weighted by atomic mass is 10.4. The van der Waals surface area contributed by atoms with Crippen LogP contribution in [-0.4, -0.2) is 25.4 Å². The third-order valence-electron chi connectivity index (χ3n) is 3.52. The van der Waals surface area contributed by atoms with Crippen LogP contribution in [0.2, 0.25) is 0 Å². The zero-order valence-corrected chi connectivity index (χ0v) is 16.5. The maximum atomic E-state index is 11.2. The molecule has 1 nitrogen and oxygen atoms in total. The number of alkyl halides is 6. The van der Waals surface area contributed by atoms with Crippen molar-refractivity contribution in [3.05, 3.63) is 96.3 Å². The highest BCUT2D eigenvalue weighted by molar-refractivity contribution is 7.97. The highest BCUT2D eigenvalue weighted by Crippen LogP contribution is 2.30. The van der Waals surface area contributed by atoms with Gasteiger partial charge in [0.25, 0.3) is 0 Å². The maximum absolute atomic E-state index is 11.2. The largest absolute Gasteiger partial charge is 0.648 e. The van der Waals surface area contributed by atoms with E-state index in [1.807, 2.05) is 0 Å². The Morgan fingerprint density at radius 3 is 1.00 bits per heavy atom. The summed E-state index contributed by atoms with van der Waals surface area (Å²) in [6, 6.07) is 32.2. The van der Waals surface area contributed by atoms with Gasteiger partial charge in [0.15, 0.2) is 14.7 Å². The molecular weight excluding hydrogens is 424 g/mol. The van der Waals surface area contributed by atoms with Gasteiger partial charge >= 0.3 is 12.4 Å². The molecule has 0 saturated carbocycles. The molecule has 0 atom stereocenters. The quantitative estimate of drug-likeness (QED) is 0.291. The van der Waals surface area contributed by atoms with Crippen molar-refractivity contribution >= 4 is 10.9 Å². The van der Waals surface area contributed by atoms with E-state index in [1.165, 1.54) is 14.7 Å². The van der Waals surface area contributed by atoms with Crippen molar-refractivity contribution in [3.8, 4) is 0 Å². The summed E-state index contributed by atoms with van der Waals surface area (Å²) < 4.78 is 67.0. The molecule has 0 bridgehead atoms. The lowest BCUT2D eigenvalue weighted by Crippen LogP contribution is -2.19. The first kappa shape index (κ1) is 23.8. The van der Waals surface area contributed by atoms with Crippen LogP contribution in [0.25, 0.3) is 5.32 Å². The third kappa shape index (κ3) is 8.92. The Bertz CT molecular complexity index is 744. The summed E-state index contributed by atoms with van der Waals surface area (Å²) in [5.41, 5.74) is 0.